The molecule has 1 aliphatic heterocycles. The highest BCUT2D eigenvalue weighted by atomic mass is 35.5. The Morgan fingerprint density at radius 2 is 1.81 bits per heavy atom. The lowest BCUT2D eigenvalue weighted by atomic mass is 9.98. The Morgan fingerprint density at radius 1 is 1.10 bits per heavy atom. The summed E-state index contributed by atoms with van der Waals surface area (Å²) in [6, 6.07) is 10.1. The van der Waals surface area contributed by atoms with Crippen LogP contribution in [0.1, 0.15) is 48.0 Å². The topological polar surface area (TPSA) is 55.0 Å². The zero-order valence-corrected chi connectivity index (χ0v) is 18.3. The zero-order chi connectivity index (χ0) is 22.1. The summed E-state index contributed by atoms with van der Waals surface area (Å²) in [5.74, 6) is -0.625. The summed E-state index contributed by atoms with van der Waals surface area (Å²) in [7, 11) is 0. The summed E-state index contributed by atoms with van der Waals surface area (Å²) >= 11 is 6.09. The van der Waals surface area contributed by atoms with E-state index in [0.29, 0.717) is 33.7 Å². The Kier molecular flexibility index (Phi) is 6.12. The fraction of sp³-hybridized carbons (Fsp3) is 0.333. The number of carbonyl (C=O) groups is 1. The minimum absolute atomic E-state index is 0.0596. The molecule has 1 atom stereocenters. The molecule has 0 bridgehead atoms. The average molecular weight is 444 g/mol. The quantitative estimate of drug-likeness (QED) is 0.608. The molecule has 1 amide bonds. The molecule has 0 unspecified atom stereocenters. The molecule has 0 aliphatic carbocycles. The Bertz CT molecular complexity index is 1170. The van der Waals surface area contributed by atoms with Gasteiger partial charge >= 0.3 is 0 Å². The van der Waals surface area contributed by atoms with Gasteiger partial charge in [0.2, 0.25) is 5.76 Å². The lowest BCUT2D eigenvalue weighted by Crippen LogP contribution is -3.11. The van der Waals surface area contributed by atoms with Crippen LogP contribution in [0.15, 0.2) is 51.7 Å². The van der Waals surface area contributed by atoms with Gasteiger partial charge in [0.1, 0.15) is 11.4 Å². The monoisotopic (exact) mass is 443 g/mol. The summed E-state index contributed by atoms with van der Waals surface area (Å²) in [6.07, 6.45) is 0.786. The highest BCUT2D eigenvalue weighted by Gasteiger charge is 2.42. The maximum atomic E-state index is 13.6. The fourth-order valence-corrected chi connectivity index (χ4v) is 4.49. The van der Waals surface area contributed by atoms with E-state index in [9.17, 15) is 14.0 Å². The second-order valence-electron chi connectivity index (χ2n) is 7.83. The summed E-state index contributed by atoms with van der Waals surface area (Å²) in [5.41, 5.74) is 1.02. The van der Waals surface area contributed by atoms with Crippen LogP contribution >= 0.6 is 11.6 Å². The van der Waals surface area contributed by atoms with Crippen molar-refractivity contribution >= 4 is 28.5 Å². The predicted molar refractivity (Wildman–Crippen MR) is 118 cm³/mol. The standard InChI is InChI=1S/C24H24ClFN2O3/c1-3-27(4-2)12-5-13-28-21(15-6-9-17(26)10-7-15)20-22(29)18-14-16(25)8-11-19(18)31-23(20)24(28)30/h6-11,14,21H,3-5,12-13H2,1-2H3/p+1/t21-/m1/s1. The molecule has 3 aromatic rings. The number of carbonyl (C=O) groups excluding carboxylic acids is 1. The van der Waals surface area contributed by atoms with Gasteiger partial charge in [0, 0.05) is 18.0 Å². The number of benzene rings is 2. The smallest absolute Gasteiger partial charge is 0.290 e. The van der Waals surface area contributed by atoms with Crippen molar-refractivity contribution in [2.75, 3.05) is 26.2 Å². The van der Waals surface area contributed by atoms with E-state index < -0.39 is 6.04 Å². The van der Waals surface area contributed by atoms with Crippen molar-refractivity contribution < 1.29 is 18.5 Å². The van der Waals surface area contributed by atoms with Gasteiger partial charge in [-0.25, -0.2) is 4.39 Å². The van der Waals surface area contributed by atoms with Gasteiger partial charge in [-0.15, -0.1) is 0 Å². The van der Waals surface area contributed by atoms with Gasteiger partial charge in [-0.2, -0.15) is 0 Å². The Balaban J connectivity index is 1.80. The first-order valence-corrected chi connectivity index (χ1v) is 11.0. The Morgan fingerprint density at radius 3 is 2.48 bits per heavy atom. The minimum Gasteiger partial charge on any atom is -0.450 e. The maximum Gasteiger partial charge on any atom is 0.290 e. The Hall–Kier alpha value is -2.70. The molecule has 1 aliphatic rings. The molecule has 2 aromatic carbocycles. The first-order valence-electron chi connectivity index (χ1n) is 10.6. The third-order valence-corrected chi connectivity index (χ3v) is 6.28. The molecule has 1 N–H and O–H groups in total. The van der Waals surface area contributed by atoms with E-state index >= 15 is 0 Å². The molecule has 0 fully saturated rings. The number of nitrogens with zero attached hydrogens (tertiary/aromatic N) is 1. The van der Waals surface area contributed by atoms with Crippen molar-refractivity contribution in [2.24, 2.45) is 0 Å². The van der Waals surface area contributed by atoms with Gasteiger partial charge in [-0.1, -0.05) is 23.7 Å². The second-order valence-corrected chi connectivity index (χ2v) is 8.26. The number of hydrogen-bond acceptors (Lipinski definition) is 3. The summed E-state index contributed by atoms with van der Waals surface area (Å²) in [6.45, 7) is 7.69. The first-order chi connectivity index (χ1) is 14.9. The van der Waals surface area contributed by atoms with E-state index in [0.717, 1.165) is 26.1 Å². The van der Waals surface area contributed by atoms with Crippen molar-refractivity contribution in [3.8, 4) is 0 Å². The first kappa shape index (κ1) is 21.5. The van der Waals surface area contributed by atoms with E-state index in [2.05, 4.69) is 13.8 Å². The van der Waals surface area contributed by atoms with Crippen molar-refractivity contribution in [1.82, 2.24) is 4.90 Å². The molecular formula is C24H25ClFN2O3+. The highest BCUT2D eigenvalue weighted by molar-refractivity contribution is 6.31. The molecular weight excluding hydrogens is 419 g/mol. The molecule has 2 heterocycles. The van der Waals surface area contributed by atoms with E-state index in [1.807, 2.05) is 0 Å². The normalized spacial score (nSPS) is 15.8. The number of fused-ring (bicyclic) bond motifs is 2. The third kappa shape index (κ3) is 3.98. The van der Waals surface area contributed by atoms with Crippen LogP contribution < -0.4 is 10.3 Å². The summed E-state index contributed by atoms with van der Waals surface area (Å²) < 4.78 is 19.5. The molecule has 7 heteroatoms. The average Bonchev–Trinajstić information content (AvgIpc) is 3.04. The summed E-state index contributed by atoms with van der Waals surface area (Å²) in [5, 5.41) is 0.752. The summed E-state index contributed by atoms with van der Waals surface area (Å²) in [4.78, 5) is 29.8. The minimum atomic E-state index is -0.616. The van der Waals surface area contributed by atoms with Gasteiger partial charge in [0.15, 0.2) is 5.43 Å². The molecule has 0 radical (unpaired) electrons. The SMILES string of the molecule is CC[NH+](CC)CCCN1C(=O)c2oc3ccc(Cl)cc3c(=O)c2[C@H]1c1ccc(F)cc1. The number of hydrogen-bond donors (Lipinski definition) is 1. The van der Waals surface area contributed by atoms with Crippen LogP contribution in [0.25, 0.3) is 11.0 Å². The van der Waals surface area contributed by atoms with E-state index in [-0.39, 0.29) is 22.9 Å². The lowest BCUT2D eigenvalue weighted by Gasteiger charge is -2.26. The zero-order valence-electron chi connectivity index (χ0n) is 17.6. The van der Waals surface area contributed by atoms with Crippen LogP contribution in [0.5, 0.6) is 0 Å². The van der Waals surface area contributed by atoms with Crippen molar-refractivity contribution in [1.29, 1.82) is 0 Å². The van der Waals surface area contributed by atoms with E-state index in [1.54, 1.807) is 35.2 Å². The number of amides is 1. The van der Waals surface area contributed by atoms with Gasteiger partial charge < -0.3 is 14.2 Å². The van der Waals surface area contributed by atoms with Crippen molar-refractivity contribution in [2.45, 2.75) is 26.3 Å². The van der Waals surface area contributed by atoms with Crippen LogP contribution in [0.2, 0.25) is 5.02 Å². The maximum absolute atomic E-state index is 13.6. The van der Waals surface area contributed by atoms with Gasteiger partial charge in [-0.3, -0.25) is 9.59 Å². The van der Waals surface area contributed by atoms with E-state index in [4.69, 9.17) is 16.0 Å². The molecule has 31 heavy (non-hydrogen) atoms. The Labute approximate surface area is 185 Å². The fourth-order valence-electron chi connectivity index (χ4n) is 4.32. The number of halogens is 2. The van der Waals surface area contributed by atoms with Gasteiger partial charge in [-0.05, 0) is 49.7 Å². The molecule has 0 saturated carbocycles. The molecule has 0 spiro atoms. The van der Waals surface area contributed by atoms with Crippen LogP contribution in [-0.2, 0) is 0 Å². The van der Waals surface area contributed by atoms with Crippen LogP contribution in [0.3, 0.4) is 0 Å². The van der Waals surface area contributed by atoms with Crippen LogP contribution in [0, 0.1) is 5.82 Å². The van der Waals surface area contributed by atoms with Gasteiger partial charge in [0.25, 0.3) is 5.91 Å². The van der Waals surface area contributed by atoms with Gasteiger partial charge in [0.05, 0.1) is 36.6 Å². The van der Waals surface area contributed by atoms with E-state index in [1.165, 1.54) is 17.0 Å². The number of rotatable bonds is 7. The molecule has 162 valence electrons. The predicted octanol–water partition coefficient (Wildman–Crippen LogP) is 3.45. The number of nitrogens with one attached hydrogen (secondary N) is 1. The van der Waals surface area contributed by atoms with Crippen molar-refractivity contribution in [3.63, 3.8) is 0 Å². The van der Waals surface area contributed by atoms with Crippen LogP contribution in [-0.4, -0.2) is 37.0 Å². The second kappa shape index (κ2) is 8.81. The lowest BCUT2D eigenvalue weighted by molar-refractivity contribution is -0.896. The molecule has 0 saturated heterocycles. The highest BCUT2D eigenvalue weighted by Crippen LogP contribution is 2.38. The largest absolute Gasteiger partial charge is 0.450 e. The number of quaternary nitrogens is 1. The molecule has 4 rings (SSSR count). The molecule has 1 aromatic heterocycles. The third-order valence-electron chi connectivity index (χ3n) is 6.04. The molecule has 5 nitrogen and oxygen atoms in total. The van der Waals surface area contributed by atoms with Crippen molar-refractivity contribution in [3.05, 3.63) is 80.4 Å². The van der Waals surface area contributed by atoms with Crippen LogP contribution in [0.4, 0.5) is 4.39 Å².